The number of hydrogen-bond acceptors (Lipinski definition) is 6. The van der Waals surface area contributed by atoms with Crippen molar-refractivity contribution in [1.29, 1.82) is 0 Å². The number of phenolic OH excluding ortho intramolecular Hbond substituents is 1. The van der Waals surface area contributed by atoms with E-state index in [-0.39, 0.29) is 37.4 Å². The van der Waals surface area contributed by atoms with Crippen molar-refractivity contribution in [2.24, 2.45) is 11.7 Å². The molecule has 0 spiro atoms. The molecule has 0 bridgehead atoms. The molecule has 4 atom stereocenters. The molecule has 0 aliphatic carbocycles. The highest BCUT2D eigenvalue weighted by molar-refractivity contribution is 5.94. The van der Waals surface area contributed by atoms with Crippen LogP contribution in [0.5, 0.6) is 5.75 Å². The zero-order valence-electron chi connectivity index (χ0n) is 25.9. The van der Waals surface area contributed by atoms with Crippen LogP contribution in [0.2, 0.25) is 0 Å². The van der Waals surface area contributed by atoms with E-state index in [4.69, 9.17) is 5.73 Å². The van der Waals surface area contributed by atoms with Crippen LogP contribution in [0.3, 0.4) is 0 Å². The van der Waals surface area contributed by atoms with Crippen molar-refractivity contribution in [3.05, 3.63) is 102 Å². The van der Waals surface area contributed by atoms with Crippen LogP contribution in [-0.4, -0.2) is 63.1 Å². The number of para-hydroxylation sites is 1. The Labute approximate surface area is 267 Å². The van der Waals surface area contributed by atoms with Gasteiger partial charge < -0.3 is 36.9 Å². The number of fused-ring (bicyclic) bond motifs is 1. The van der Waals surface area contributed by atoms with E-state index < -0.39 is 47.9 Å². The number of amides is 3. The molecule has 11 heteroatoms. The lowest BCUT2D eigenvalue weighted by Gasteiger charge is -2.26. The van der Waals surface area contributed by atoms with Crippen LogP contribution in [0, 0.1) is 5.92 Å². The fraction of sp³-hybridized carbons (Fsp3) is 0.314. The molecule has 0 saturated carbocycles. The number of aliphatic carboxylic acids is 1. The standard InChI is InChI=1S/C35H41N5O6/c1-21(2)16-31(35(45)46)40-34(44)30(18-23-12-14-25(41)15-13-23)39-33(43)29(17-22-8-4-3-5-9-22)38-32(42)27(36)19-24-20-37-28-11-7-6-10-26(24)28/h3-15,20-21,27,29-31,37,41H,16-19,36H2,1-2H3,(H,38,42)(H,39,43)(H,40,44)(H,45,46). The minimum absolute atomic E-state index is 0.00882. The molecule has 4 rings (SSSR count). The quantitative estimate of drug-likeness (QED) is 0.106. The van der Waals surface area contributed by atoms with Gasteiger partial charge in [0.1, 0.15) is 23.9 Å². The van der Waals surface area contributed by atoms with Gasteiger partial charge in [-0.1, -0.05) is 74.5 Å². The Kier molecular flexibility index (Phi) is 11.5. The Hall–Kier alpha value is -5.16. The van der Waals surface area contributed by atoms with Gasteiger partial charge in [0, 0.05) is 29.9 Å². The number of aromatic hydroxyl groups is 1. The number of carboxylic acid groups (broad SMARTS) is 1. The molecule has 1 heterocycles. The number of H-pyrrole nitrogens is 1. The second-order valence-corrected chi connectivity index (χ2v) is 11.9. The van der Waals surface area contributed by atoms with Crippen LogP contribution >= 0.6 is 0 Å². The fourth-order valence-electron chi connectivity index (χ4n) is 5.28. The maximum Gasteiger partial charge on any atom is 0.326 e. The Balaban J connectivity index is 1.55. The Morgan fingerprint density at radius 2 is 1.26 bits per heavy atom. The van der Waals surface area contributed by atoms with E-state index in [1.807, 2.05) is 74.6 Å². The highest BCUT2D eigenvalue weighted by Gasteiger charge is 2.31. The number of aromatic amines is 1. The number of carbonyl (C=O) groups excluding carboxylic acids is 3. The Morgan fingerprint density at radius 1 is 0.717 bits per heavy atom. The topological polar surface area (TPSA) is 187 Å². The zero-order chi connectivity index (χ0) is 33.2. The van der Waals surface area contributed by atoms with E-state index >= 15 is 0 Å². The Morgan fingerprint density at radius 3 is 1.87 bits per heavy atom. The van der Waals surface area contributed by atoms with Gasteiger partial charge in [0.2, 0.25) is 17.7 Å². The van der Waals surface area contributed by atoms with Gasteiger partial charge in [0.05, 0.1) is 6.04 Å². The molecule has 0 aliphatic rings. The van der Waals surface area contributed by atoms with Crippen LogP contribution in [0.1, 0.15) is 37.0 Å². The monoisotopic (exact) mass is 627 g/mol. The minimum Gasteiger partial charge on any atom is -0.508 e. The first-order valence-corrected chi connectivity index (χ1v) is 15.3. The number of nitrogens with one attached hydrogen (secondary N) is 4. The van der Waals surface area contributed by atoms with E-state index in [0.29, 0.717) is 5.56 Å². The lowest BCUT2D eigenvalue weighted by Crippen LogP contribution is -2.58. The first kappa shape index (κ1) is 33.7. The first-order valence-electron chi connectivity index (χ1n) is 15.3. The number of aromatic nitrogens is 1. The number of carbonyl (C=O) groups is 4. The third kappa shape index (κ3) is 9.42. The van der Waals surface area contributed by atoms with Gasteiger partial charge in [-0.25, -0.2) is 4.79 Å². The van der Waals surface area contributed by atoms with Crippen LogP contribution in [0.4, 0.5) is 0 Å². The van der Waals surface area contributed by atoms with Crippen molar-refractivity contribution < 1.29 is 29.4 Å². The molecule has 0 aliphatic heterocycles. The molecule has 0 radical (unpaired) electrons. The van der Waals surface area contributed by atoms with Gasteiger partial charge in [-0.2, -0.15) is 0 Å². The summed E-state index contributed by atoms with van der Waals surface area (Å²) in [6.45, 7) is 3.69. The molecule has 1 aromatic heterocycles. The predicted octanol–water partition coefficient (Wildman–Crippen LogP) is 2.81. The molecule has 0 saturated heterocycles. The van der Waals surface area contributed by atoms with Crippen LogP contribution in [0.25, 0.3) is 10.9 Å². The van der Waals surface area contributed by atoms with Crippen molar-refractivity contribution in [3.8, 4) is 5.75 Å². The maximum atomic E-state index is 13.8. The van der Waals surface area contributed by atoms with Crippen molar-refractivity contribution in [3.63, 3.8) is 0 Å². The van der Waals surface area contributed by atoms with Gasteiger partial charge in [-0.3, -0.25) is 14.4 Å². The number of nitrogens with two attached hydrogens (primary N) is 1. The summed E-state index contributed by atoms with van der Waals surface area (Å²) in [5, 5.41) is 28.5. The fourth-order valence-corrected chi connectivity index (χ4v) is 5.28. The third-order valence-corrected chi connectivity index (χ3v) is 7.70. The zero-order valence-corrected chi connectivity index (χ0v) is 25.9. The summed E-state index contributed by atoms with van der Waals surface area (Å²) < 4.78 is 0. The molecule has 8 N–H and O–H groups in total. The lowest BCUT2D eigenvalue weighted by molar-refractivity contribution is -0.142. The molecule has 4 aromatic rings. The molecule has 46 heavy (non-hydrogen) atoms. The summed E-state index contributed by atoms with van der Waals surface area (Å²) in [4.78, 5) is 55.8. The largest absolute Gasteiger partial charge is 0.508 e. The van der Waals surface area contributed by atoms with Gasteiger partial charge >= 0.3 is 5.97 Å². The van der Waals surface area contributed by atoms with E-state index in [9.17, 15) is 29.4 Å². The second kappa shape index (κ2) is 15.7. The highest BCUT2D eigenvalue weighted by atomic mass is 16.4. The Bertz CT molecular complexity index is 1640. The van der Waals surface area contributed by atoms with E-state index in [0.717, 1.165) is 22.0 Å². The molecule has 11 nitrogen and oxygen atoms in total. The average molecular weight is 628 g/mol. The van der Waals surface area contributed by atoms with E-state index in [1.54, 1.807) is 12.1 Å². The summed E-state index contributed by atoms with van der Waals surface area (Å²) in [6.07, 6.45) is 2.37. The summed E-state index contributed by atoms with van der Waals surface area (Å²) in [5.74, 6) is -3.02. The van der Waals surface area contributed by atoms with Crippen molar-refractivity contribution in [2.75, 3.05) is 0 Å². The number of hydrogen-bond donors (Lipinski definition) is 7. The summed E-state index contributed by atoms with van der Waals surface area (Å²) in [5.41, 5.74) is 9.51. The molecule has 0 fully saturated rings. The van der Waals surface area contributed by atoms with E-state index in [2.05, 4.69) is 20.9 Å². The third-order valence-electron chi connectivity index (χ3n) is 7.70. The van der Waals surface area contributed by atoms with Crippen molar-refractivity contribution in [1.82, 2.24) is 20.9 Å². The molecular formula is C35H41N5O6. The van der Waals surface area contributed by atoms with E-state index in [1.165, 1.54) is 12.1 Å². The summed E-state index contributed by atoms with van der Waals surface area (Å²) in [6, 6.07) is 18.5. The highest BCUT2D eigenvalue weighted by Crippen LogP contribution is 2.19. The smallest absolute Gasteiger partial charge is 0.326 e. The number of phenols is 1. The number of benzene rings is 3. The number of carboxylic acids is 1. The van der Waals surface area contributed by atoms with Gasteiger partial charge in [-0.15, -0.1) is 0 Å². The molecular weight excluding hydrogens is 586 g/mol. The average Bonchev–Trinajstić information content (AvgIpc) is 3.43. The van der Waals surface area contributed by atoms with Crippen LogP contribution in [-0.2, 0) is 38.4 Å². The predicted molar refractivity (Wildman–Crippen MR) is 175 cm³/mol. The van der Waals surface area contributed by atoms with Gasteiger partial charge in [-0.05, 0) is 53.6 Å². The van der Waals surface area contributed by atoms with Gasteiger partial charge in [0.15, 0.2) is 0 Å². The summed E-state index contributed by atoms with van der Waals surface area (Å²) >= 11 is 0. The van der Waals surface area contributed by atoms with Crippen LogP contribution in [0.15, 0.2) is 85.1 Å². The van der Waals surface area contributed by atoms with Crippen LogP contribution < -0.4 is 21.7 Å². The van der Waals surface area contributed by atoms with Gasteiger partial charge in [0.25, 0.3) is 0 Å². The van der Waals surface area contributed by atoms with Crippen molar-refractivity contribution in [2.45, 2.75) is 63.7 Å². The molecule has 3 aromatic carbocycles. The summed E-state index contributed by atoms with van der Waals surface area (Å²) in [7, 11) is 0. The normalized spacial score (nSPS) is 13.8. The molecule has 3 amide bonds. The molecule has 4 unspecified atom stereocenters. The number of rotatable bonds is 15. The first-order chi connectivity index (χ1) is 22.0. The lowest BCUT2D eigenvalue weighted by atomic mass is 10.00. The minimum atomic E-state index is -1.19. The molecule has 242 valence electrons. The SMILES string of the molecule is CC(C)CC(NC(=O)C(Cc1ccc(O)cc1)NC(=O)C(Cc1ccccc1)NC(=O)C(N)Cc1c[nH]c2ccccc12)C(=O)O. The maximum absolute atomic E-state index is 13.8. The second-order valence-electron chi connectivity index (χ2n) is 11.9. The van der Waals surface area contributed by atoms with Crippen molar-refractivity contribution >= 4 is 34.6 Å².